The van der Waals surface area contributed by atoms with Gasteiger partial charge in [-0.2, -0.15) is 0 Å². The molecule has 2 aromatic carbocycles. The summed E-state index contributed by atoms with van der Waals surface area (Å²) in [5, 5.41) is 5.63. The molecule has 156 valence electrons. The number of rotatable bonds is 9. The normalized spacial score (nSPS) is 11.2. The molecule has 8 heteroatoms. The topological polar surface area (TPSA) is 95.1 Å². The lowest BCUT2D eigenvalue weighted by molar-refractivity contribution is 0.0911. The number of hydrogen-bond acceptors (Lipinski definition) is 6. The zero-order chi connectivity index (χ0) is 21.4. The second kappa shape index (κ2) is 10.2. The molecule has 0 fully saturated rings. The molecule has 0 heterocycles. The third kappa shape index (κ3) is 6.03. The number of hydrogen-bond donors (Lipinski definition) is 2. The van der Waals surface area contributed by atoms with E-state index >= 15 is 0 Å². The van der Waals surface area contributed by atoms with Crippen molar-refractivity contribution >= 4 is 11.8 Å². The van der Waals surface area contributed by atoms with Gasteiger partial charge < -0.3 is 29.6 Å². The summed E-state index contributed by atoms with van der Waals surface area (Å²) in [6.07, 6.45) is 0. The van der Waals surface area contributed by atoms with Crippen LogP contribution in [0, 0.1) is 0 Å². The van der Waals surface area contributed by atoms with Crippen molar-refractivity contribution in [3.8, 4) is 23.0 Å². The van der Waals surface area contributed by atoms with Crippen molar-refractivity contribution in [1.82, 2.24) is 10.6 Å². The zero-order valence-electron chi connectivity index (χ0n) is 17.2. The molecule has 2 amide bonds. The van der Waals surface area contributed by atoms with Gasteiger partial charge in [0.15, 0.2) is 0 Å². The first kappa shape index (κ1) is 21.9. The predicted octanol–water partition coefficient (Wildman–Crippen LogP) is 2.27. The van der Waals surface area contributed by atoms with Gasteiger partial charge in [-0.1, -0.05) is 0 Å². The molecule has 0 aliphatic rings. The molecule has 0 aromatic heterocycles. The summed E-state index contributed by atoms with van der Waals surface area (Å²) in [7, 11) is 6.06. The van der Waals surface area contributed by atoms with E-state index in [2.05, 4.69) is 10.6 Å². The van der Waals surface area contributed by atoms with Gasteiger partial charge in [-0.25, -0.2) is 0 Å². The molecule has 0 spiro atoms. The van der Waals surface area contributed by atoms with Crippen molar-refractivity contribution in [2.24, 2.45) is 0 Å². The van der Waals surface area contributed by atoms with Gasteiger partial charge in [0.05, 0.1) is 28.4 Å². The van der Waals surface area contributed by atoms with E-state index in [1.807, 2.05) is 0 Å². The van der Waals surface area contributed by atoms with Gasteiger partial charge in [0.1, 0.15) is 23.0 Å². The molecule has 0 saturated heterocycles. The van der Waals surface area contributed by atoms with Crippen LogP contribution in [0.3, 0.4) is 0 Å². The van der Waals surface area contributed by atoms with E-state index in [1.165, 1.54) is 28.4 Å². The molecule has 2 N–H and O–H groups in total. The summed E-state index contributed by atoms with van der Waals surface area (Å²) in [5.74, 6) is 1.47. The zero-order valence-corrected chi connectivity index (χ0v) is 17.2. The Morgan fingerprint density at radius 1 is 0.724 bits per heavy atom. The van der Waals surface area contributed by atoms with E-state index in [4.69, 9.17) is 18.9 Å². The summed E-state index contributed by atoms with van der Waals surface area (Å²) >= 11 is 0. The second-order valence-corrected chi connectivity index (χ2v) is 6.29. The average Bonchev–Trinajstić information content (AvgIpc) is 2.76. The summed E-state index contributed by atoms with van der Waals surface area (Å²) < 4.78 is 20.7. The summed E-state index contributed by atoms with van der Waals surface area (Å²) in [4.78, 5) is 24.9. The molecular formula is C21H26N2O6. The fourth-order valence-electron chi connectivity index (χ4n) is 2.58. The molecule has 0 aliphatic carbocycles. The van der Waals surface area contributed by atoms with Crippen LogP contribution in [0.25, 0.3) is 0 Å². The minimum absolute atomic E-state index is 0.241. The van der Waals surface area contributed by atoms with Crippen LogP contribution >= 0.6 is 0 Å². The molecule has 8 nitrogen and oxygen atoms in total. The predicted molar refractivity (Wildman–Crippen MR) is 108 cm³/mol. The number of ether oxygens (including phenoxy) is 4. The van der Waals surface area contributed by atoms with Crippen molar-refractivity contribution in [3.05, 3.63) is 47.5 Å². The van der Waals surface area contributed by atoms with E-state index in [9.17, 15) is 9.59 Å². The SMILES string of the molecule is COc1cc(OC)cc(C(=O)NCC(C)NC(=O)c2cc(OC)cc(OC)c2)c1. The van der Waals surface area contributed by atoms with Crippen LogP contribution in [-0.2, 0) is 0 Å². The van der Waals surface area contributed by atoms with Crippen LogP contribution in [0.4, 0.5) is 0 Å². The van der Waals surface area contributed by atoms with Gasteiger partial charge in [0.2, 0.25) is 0 Å². The number of methoxy groups -OCH3 is 4. The Bertz CT molecular complexity index is 824. The Morgan fingerprint density at radius 3 is 1.48 bits per heavy atom. The first-order chi connectivity index (χ1) is 13.9. The number of carbonyl (C=O) groups excluding carboxylic acids is 2. The maximum atomic E-state index is 12.5. The quantitative estimate of drug-likeness (QED) is 0.668. The van der Waals surface area contributed by atoms with Crippen molar-refractivity contribution in [3.63, 3.8) is 0 Å². The maximum absolute atomic E-state index is 12.5. The minimum atomic E-state index is -0.309. The highest BCUT2D eigenvalue weighted by molar-refractivity contribution is 5.96. The van der Waals surface area contributed by atoms with E-state index in [-0.39, 0.29) is 24.4 Å². The Kier molecular flexibility index (Phi) is 7.70. The molecule has 0 radical (unpaired) electrons. The smallest absolute Gasteiger partial charge is 0.251 e. The molecule has 2 rings (SSSR count). The summed E-state index contributed by atoms with van der Waals surface area (Å²) in [5.41, 5.74) is 0.800. The van der Waals surface area contributed by atoms with Gasteiger partial charge >= 0.3 is 0 Å². The van der Waals surface area contributed by atoms with E-state index in [0.29, 0.717) is 34.1 Å². The standard InChI is InChI=1S/C21H26N2O6/c1-13(23-21(25)15-8-18(28-4)11-19(9-15)29-5)12-22-20(24)14-6-16(26-2)10-17(7-14)27-3/h6-11,13H,12H2,1-5H3,(H,22,24)(H,23,25). The maximum Gasteiger partial charge on any atom is 0.251 e. The van der Waals surface area contributed by atoms with Crippen molar-refractivity contribution in [2.45, 2.75) is 13.0 Å². The second-order valence-electron chi connectivity index (χ2n) is 6.29. The van der Waals surface area contributed by atoms with Crippen LogP contribution in [0.1, 0.15) is 27.6 Å². The number of nitrogens with one attached hydrogen (secondary N) is 2. The van der Waals surface area contributed by atoms with Gasteiger partial charge in [0.25, 0.3) is 11.8 Å². The Hall–Kier alpha value is -3.42. The number of carbonyl (C=O) groups is 2. The van der Waals surface area contributed by atoms with Crippen LogP contribution < -0.4 is 29.6 Å². The monoisotopic (exact) mass is 402 g/mol. The fourth-order valence-corrected chi connectivity index (χ4v) is 2.58. The third-order valence-electron chi connectivity index (χ3n) is 4.17. The highest BCUT2D eigenvalue weighted by atomic mass is 16.5. The van der Waals surface area contributed by atoms with Gasteiger partial charge in [0, 0.05) is 35.8 Å². The summed E-state index contributed by atoms with van der Waals surface area (Å²) in [6.45, 7) is 2.03. The highest BCUT2D eigenvalue weighted by Gasteiger charge is 2.15. The Morgan fingerprint density at radius 2 is 1.10 bits per heavy atom. The van der Waals surface area contributed by atoms with Crippen molar-refractivity contribution < 1.29 is 28.5 Å². The van der Waals surface area contributed by atoms with Gasteiger partial charge in [-0.05, 0) is 31.2 Å². The molecule has 0 saturated carbocycles. The van der Waals surface area contributed by atoms with Crippen LogP contribution in [0.15, 0.2) is 36.4 Å². The number of amides is 2. The van der Waals surface area contributed by atoms with Gasteiger partial charge in [-0.3, -0.25) is 9.59 Å². The lowest BCUT2D eigenvalue weighted by Gasteiger charge is -2.16. The van der Waals surface area contributed by atoms with E-state index in [0.717, 1.165) is 0 Å². The minimum Gasteiger partial charge on any atom is -0.497 e. The average molecular weight is 402 g/mol. The molecule has 2 aromatic rings. The lowest BCUT2D eigenvalue weighted by Crippen LogP contribution is -2.41. The van der Waals surface area contributed by atoms with E-state index in [1.54, 1.807) is 43.3 Å². The first-order valence-corrected chi connectivity index (χ1v) is 8.95. The Labute approximate surface area is 170 Å². The third-order valence-corrected chi connectivity index (χ3v) is 4.17. The highest BCUT2D eigenvalue weighted by Crippen LogP contribution is 2.23. The Balaban J connectivity index is 1.98. The lowest BCUT2D eigenvalue weighted by atomic mass is 10.1. The molecule has 0 bridgehead atoms. The molecule has 0 aliphatic heterocycles. The van der Waals surface area contributed by atoms with Crippen LogP contribution in [0.5, 0.6) is 23.0 Å². The molecular weight excluding hydrogens is 376 g/mol. The molecule has 1 unspecified atom stereocenters. The molecule has 1 atom stereocenters. The largest absolute Gasteiger partial charge is 0.497 e. The number of benzene rings is 2. The van der Waals surface area contributed by atoms with Crippen LogP contribution in [0.2, 0.25) is 0 Å². The van der Waals surface area contributed by atoms with Crippen LogP contribution in [-0.4, -0.2) is 52.8 Å². The first-order valence-electron chi connectivity index (χ1n) is 8.95. The van der Waals surface area contributed by atoms with Gasteiger partial charge in [-0.15, -0.1) is 0 Å². The molecule has 29 heavy (non-hydrogen) atoms. The van der Waals surface area contributed by atoms with Crippen molar-refractivity contribution in [1.29, 1.82) is 0 Å². The fraction of sp³-hybridized carbons (Fsp3) is 0.333. The summed E-state index contributed by atoms with van der Waals surface area (Å²) in [6, 6.07) is 9.52. The van der Waals surface area contributed by atoms with Crippen molar-refractivity contribution in [2.75, 3.05) is 35.0 Å². The van der Waals surface area contributed by atoms with E-state index < -0.39 is 0 Å².